The summed E-state index contributed by atoms with van der Waals surface area (Å²) in [6.45, 7) is 8.24. The van der Waals surface area contributed by atoms with Gasteiger partial charge in [0.2, 0.25) is 0 Å². The van der Waals surface area contributed by atoms with Crippen molar-refractivity contribution in [3.8, 4) is 0 Å². The predicted octanol–water partition coefficient (Wildman–Crippen LogP) is 4.29. The Morgan fingerprint density at radius 1 is 1.17 bits per heavy atom. The van der Waals surface area contributed by atoms with Gasteiger partial charge in [-0.2, -0.15) is 0 Å². The van der Waals surface area contributed by atoms with Crippen molar-refractivity contribution in [2.75, 3.05) is 10.6 Å². The number of anilines is 3. The van der Waals surface area contributed by atoms with Gasteiger partial charge < -0.3 is 22.1 Å². The van der Waals surface area contributed by atoms with E-state index >= 15 is 0 Å². The summed E-state index contributed by atoms with van der Waals surface area (Å²) >= 11 is 0. The molecule has 8 heteroatoms. The number of hydrogen-bond donors (Lipinski definition) is 4. The van der Waals surface area contributed by atoms with Crippen molar-refractivity contribution in [1.82, 2.24) is 9.97 Å². The van der Waals surface area contributed by atoms with E-state index in [0.717, 1.165) is 37.3 Å². The summed E-state index contributed by atoms with van der Waals surface area (Å²) in [6.07, 6.45) is 6.82. The van der Waals surface area contributed by atoms with Gasteiger partial charge in [-0.15, -0.1) is 0 Å². The number of pyridine rings is 2. The van der Waals surface area contributed by atoms with E-state index in [1.807, 2.05) is 19.9 Å². The summed E-state index contributed by atoms with van der Waals surface area (Å²) in [4.78, 5) is 20.5. The van der Waals surface area contributed by atoms with Crippen LogP contribution in [0.2, 0.25) is 0 Å². The van der Waals surface area contributed by atoms with Gasteiger partial charge in [0, 0.05) is 18.3 Å². The minimum Gasteiger partial charge on any atom is -0.365 e. The molecule has 2 heterocycles. The van der Waals surface area contributed by atoms with E-state index in [1.165, 1.54) is 0 Å². The lowest BCUT2D eigenvalue weighted by molar-refractivity contribution is 0.100. The lowest BCUT2D eigenvalue weighted by Crippen LogP contribution is -2.40. The molecule has 1 amide bonds. The first-order chi connectivity index (χ1) is 14.3. The molecule has 0 spiro atoms. The van der Waals surface area contributed by atoms with Gasteiger partial charge in [0.05, 0.1) is 17.4 Å². The fraction of sp³-hybridized carbons (Fsp3) is 0.500. The van der Waals surface area contributed by atoms with Gasteiger partial charge in [-0.25, -0.2) is 9.37 Å². The zero-order valence-electron chi connectivity index (χ0n) is 18.2. The second kappa shape index (κ2) is 10.9. The molecule has 2 rings (SSSR count). The number of nitrogens with zero attached hydrogens (tertiary/aromatic N) is 2. The van der Waals surface area contributed by atoms with E-state index in [-0.39, 0.29) is 29.3 Å². The van der Waals surface area contributed by atoms with Gasteiger partial charge in [0.15, 0.2) is 11.6 Å². The van der Waals surface area contributed by atoms with Crippen LogP contribution in [-0.2, 0) is 0 Å². The fourth-order valence-corrected chi connectivity index (χ4v) is 3.21. The second-order valence-corrected chi connectivity index (χ2v) is 7.63. The number of aromatic nitrogens is 2. The highest BCUT2D eigenvalue weighted by molar-refractivity contribution is 5.98. The molecule has 3 atom stereocenters. The first-order valence-corrected chi connectivity index (χ1v) is 10.5. The second-order valence-electron chi connectivity index (χ2n) is 7.63. The molecule has 0 saturated heterocycles. The van der Waals surface area contributed by atoms with Crippen LogP contribution in [0.15, 0.2) is 24.5 Å². The highest BCUT2D eigenvalue weighted by Crippen LogP contribution is 2.27. The maximum absolute atomic E-state index is 14.7. The quantitative estimate of drug-likeness (QED) is 0.434. The van der Waals surface area contributed by atoms with Gasteiger partial charge in [-0.1, -0.05) is 34.1 Å². The molecular formula is C22H33FN6O. The maximum Gasteiger partial charge on any atom is 0.252 e. The minimum atomic E-state index is -0.767. The summed E-state index contributed by atoms with van der Waals surface area (Å²) in [6, 6.07) is 2.77. The van der Waals surface area contributed by atoms with Crippen molar-refractivity contribution in [2.45, 2.75) is 71.4 Å². The molecule has 0 aromatic carbocycles. The van der Waals surface area contributed by atoms with Crippen LogP contribution >= 0.6 is 0 Å². The van der Waals surface area contributed by atoms with Crippen LogP contribution in [0, 0.1) is 5.82 Å². The number of hydrogen-bond acceptors (Lipinski definition) is 6. The Balaban J connectivity index is 2.40. The summed E-state index contributed by atoms with van der Waals surface area (Å²) < 4.78 is 14.7. The van der Waals surface area contributed by atoms with Gasteiger partial charge in [0.25, 0.3) is 5.91 Å². The van der Waals surface area contributed by atoms with Crippen LogP contribution in [0.5, 0.6) is 0 Å². The van der Waals surface area contributed by atoms with Gasteiger partial charge in [0.1, 0.15) is 5.82 Å². The van der Waals surface area contributed by atoms with Gasteiger partial charge >= 0.3 is 0 Å². The molecule has 164 valence electrons. The van der Waals surface area contributed by atoms with Crippen LogP contribution < -0.4 is 22.1 Å². The number of amides is 1. The van der Waals surface area contributed by atoms with Crippen molar-refractivity contribution in [3.63, 3.8) is 0 Å². The highest BCUT2D eigenvalue weighted by Gasteiger charge is 2.21. The van der Waals surface area contributed by atoms with Gasteiger partial charge in [-0.05, 0) is 42.9 Å². The number of nitrogens with one attached hydrogen (secondary N) is 2. The molecule has 0 aliphatic carbocycles. The fourth-order valence-electron chi connectivity index (χ4n) is 3.21. The molecule has 6 N–H and O–H groups in total. The van der Waals surface area contributed by atoms with Crippen molar-refractivity contribution < 1.29 is 9.18 Å². The Morgan fingerprint density at radius 2 is 1.90 bits per heavy atom. The molecule has 0 aliphatic rings. The Hall–Kier alpha value is -2.74. The molecular weight excluding hydrogens is 383 g/mol. The molecule has 2 aromatic heterocycles. The molecule has 2 aromatic rings. The zero-order chi connectivity index (χ0) is 22.3. The molecule has 0 aliphatic heterocycles. The molecule has 30 heavy (non-hydrogen) atoms. The van der Waals surface area contributed by atoms with Crippen molar-refractivity contribution in [1.29, 1.82) is 0 Å². The largest absolute Gasteiger partial charge is 0.365 e. The Bertz CT molecular complexity index is 860. The van der Waals surface area contributed by atoms with Crippen LogP contribution in [-0.4, -0.2) is 28.0 Å². The number of carbonyl (C=O) groups excluding carboxylic acids is 1. The summed E-state index contributed by atoms with van der Waals surface area (Å²) in [5, 5.41) is 6.19. The summed E-state index contributed by atoms with van der Waals surface area (Å²) in [5.41, 5.74) is 13.3. The molecule has 0 radical (unpaired) electrons. The topological polar surface area (TPSA) is 119 Å². The van der Waals surface area contributed by atoms with Crippen molar-refractivity contribution >= 4 is 23.2 Å². The minimum absolute atomic E-state index is 0.0289. The monoisotopic (exact) mass is 416 g/mol. The smallest absolute Gasteiger partial charge is 0.252 e. The molecule has 0 bridgehead atoms. The van der Waals surface area contributed by atoms with E-state index in [2.05, 4.69) is 34.4 Å². The number of halogens is 1. The summed E-state index contributed by atoms with van der Waals surface area (Å²) in [7, 11) is 0. The van der Waals surface area contributed by atoms with Crippen LogP contribution in [0.4, 0.5) is 21.7 Å². The first kappa shape index (κ1) is 23.5. The van der Waals surface area contributed by atoms with Crippen molar-refractivity contribution in [2.24, 2.45) is 11.5 Å². The summed E-state index contributed by atoms with van der Waals surface area (Å²) in [5.74, 6) is -0.869. The van der Waals surface area contributed by atoms with E-state index in [0.29, 0.717) is 11.6 Å². The first-order valence-electron chi connectivity index (χ1n) is 10.5. The highest BCUT2D eigenvalue weighted by atomic mass is 19.1. The average molecular weight is 417 g/mol. The lowest BCUT2D eigenvalue weighted by Gasteiger charge is -2.25. The Kier molecular flexibility index (Phi) is 8.53. The Labute approximate surface area is 177 Å². The third-order valence-electron chi connectivity index (χ3n) is 5.36. The SMILES string of the molecule is CCC[C@@H](Nc1nc(Nc2cncc(C(C)CC)c2)c(C(N)=O)cc1F)[C@@H](N)CC. The van der Waals surface area contributed by atoms with E-state index < -0.39 is 11.7 Å². The lowest BCUT2D eigenvalue weighted by atomic mass is 10.0. The maximum atomic E-state index is 14.7. The number of nitrogens with two attached hydrogens (primary N) is 2. The van der Waals surface area contributed by atoms with Crippen LogP contribution in [0.25, 0.3) is 0 Å². The number of primary amides is 1. The van der Waals surface area contributed by atoms with E-state index in [1.54, 1.807) is 12.4 Å². The molecule has 7 nitrogen and oxygen atoms in total. The third kappa shape index (κ3) is 5.89. The predicted molar refractivity (Wildman–Crippen MR) is 120 cm³/mol. The molecule has 0 saturated carbocycles. The van der Waals surface area contributed by atoms with Crippen molar-refractivity contribution in [3.05, 3.63) is 41.5 Å². The normalized spacial score (nSPS) is 14.1. The standard InChI is InChI=1S/C22H33FN6O/c1-5-8-19(18(24)7-3)28-22-17(23)10-16(20(25)30)21(29-22)27-15-9-14(11-26-12-15)13(4)6-2/h9-13,18-19H,5-8,24H2,1-4H3,(H2,25,30)(H2,27,28,29)/t13?,18-,19+/m0/s1. The van der Waals surface area contributed by atoms with Gasteiger partial charge in [-0.3, -0.25) is 9.78 Å². The van der Waals surface area contributed by atoms with Crippen LogP contribution in [0.1, 0.15) is 75.2 Å². The average Bonchev–Trinajstić information content (AvgIpc) is 2.74. The number of carbonyl (C=O) groups is 1. The number of rotatable bonds is 11. The Morgan fingerprint density at radius 3 is 2.50 bits per heavy atom. The van der Waals surface area contributed by atoms with E-state index in [9.17, 15) is 9.18 Å². The molecule has 0 fully saturated rings. The zero-order valence-corrected chi connectivity index (χ0v) is 18.2. The van der Waals surface area contributed by atoms with E-state index in [4.69, 9.17) is 11.5 Å². The third-order valence-corrected chi connectivity index (χ3v) is 5.36. The molecule has 1 unspecified atom stereocenters. The van der Waals surface area contributed by atoms with Crippen LogP contribution in [0.3, 0.4) is 0 Å².